The van der Waals surface area contributed by atoms with E-state index in [1.165, 1.54) is 19.2 Å². The van der Waals surface area contributed by atoms with Gasteiger partial charge in [-0.3, -0.25) is 9.48 Å². The van der Waals surface area contributed by atoms with Gasteiger partial charge >= 0.3 is 5.97 Å². The van der Waals surface area contributed by atoms with Crippen molar-refractivity contribution in [1.29, 1.82) is 0 Å². The van der Waals surface area contributed by atoms with E-state index >= 15 is 0 Å². The van der Waals surface area contributed by atoms with Crippen molar-refractivity contribution in [3.8, 4) is 16.9 Å². The molecule has 0 saturated carbocycles. The molecule has 1 heterocycles. The number of carbonyl (C=O) groups is 1. The molecular weight excluding hydrogens is 407 g/mol. The fourth-order valence-electron chi connectivity index (χ4n) is 3.75. The fraction of sp³-hybridized carbons (Fsp3) is 0.231. The van der Waals surface area contributed by atoms with Crippen molar-refractivity contribution < 1.29 is 18.7 Å². The minimum atomic E-state index is -0.273. The number of benzene rings is 3. The van der Waals surface area contributed by atoms with E-state index in [0.29, 0.717) is 19.4 Å². The van der Waals surface area contributed by atoms with Crippen LogP contribution in [-0.2, 0) is 29.6 Å². The molecule has 0 saturated heterocycles. The monoisotopic (exact) mass is 432 g/mol. The second kappa shape index (κ2) is 9.22. The molecule has 0 fully saturated rings. The van der Waals surface area contributed by atoms with Crippen molar-refractivity contribution in [1.82, 2.24) is 9.78 Å². The summed E-state index contributed by atoms with van der Waals surface area (Å²) in [5.74, 6) is 0.223. The van der Waals surface area contributed by atoms with E-state index in [2.05, 4.69) is 17.2 Å². The summed E-state index contributed by atoms with van der Waals surface area (Å²) in [5, 5.41) is 5.36. The molecule has 0 spiro atoms. The zero-order chi connectivity index (χ0) is 22.7. The maximum Gasteiger partial charge on any atom is 0.305 e. The molecule has 164 valence electrons. The number of aromatic nitrogens is 2. The van der Waals surface area contributed by atoms with Gasteiger partial charge < -0.3 is 9.47 Å². The average molecular weight is 432 g/mol. The lowest BCUT2D eigenvalue weighted by atomic mass is 9.95. The maximum atomic E-state index is 13.2. The summed E-state index contributed by atoms with van der Waals surface area (Å²) < 4.78 is 26.1. The lowest BCUT2D eigenvalue weighted by Gasteiger charge is -2.16. The molecule has 0 radical (unpaired) electrons. The lowest BCUT2D eigenvalue weighted by molar-refractivity contribution is -0.140. The van der Waals surface area contributed by atoms with Gasteiger partial charge in [0.25, 0.3) is 0 Å². The van der Waals surface area contributed by atoms with E-state index in [0.717, 1.165) is 44.5 Å². The van der Waals surface area contributed by atoms with Crippen LogP contribution in [0.2, 0.25) is 0 Å². The van der Waals surface area contributed by atoms with Gasteiger partial charge in [-0.1, -0.05) is 18.2 Å². The summed E-state index contributed by atoms with van der Waals surface area (Å²) in [5.41, 5.74) is 5.95. The first-order valence-electron chi connectivity index (χ1n) is 10.4. The van der Waals surface area contributed by atoms with Crippen LogP contribution in [0.1, 0.15) is 23.1 Å². The summed E-state index contributed by atoms with van der Waals surface area (Å²) in [7, 11) is 3.31. The first kappa shape index (κ1) is 21.6. The number of ether oxygens (including phenoxy) is 2. The summed E-state index contributed by atoms with van der Waals surface area (Å²) in [6, 6.07) is 16.5. The van der Waals surface area contributed by atoms with Crippen LogP contribution in [-0.4, -0.2) is 22.9 Å². The largest absolute Gasteiger partial charge is 0.488 e. The Hall–Kier alpha value is -3.67. The van der Waals surface area contributed by atoms with E-state index in [1.807, 2.05) is 43.0 Å². The summed E-state index contributed by atoms with van der Waals surface area (Å²) >= 11 is 0. The minimum absolute atomic E-state index is 0.237. The average Bonchev–Trinajstić information content (AvgIpc) is 3.17. The zero-order valence-corrected chi connectivity index (χ0v) is 18.4. The third-order valence-electron chi connectivity index (χ3n) is 5.63. The number of nitrogens with zero attached hydrogens (tertiary/aromatic N) is 2. The van der Waals surface area contributed by atoms with Crippen LogP contribution < -0.4 is 4.74 Å². The van der Waals surface area contributed by atoms with Gasteiger partial charge in [0.2, 0.25) is 0 Å². The van der Waals surface area contributed by atoms with Gasteiger partial charge in [0.15, 0.2) is 0 Å². The van der Waals surface area contributed by atoms with Crippen molar-refractivity contribution in [3.63, 3.8) is 0 Å². The Bertz CT molecular complexity index is 1260. The molecule has 5 nitrogen and oxygen atoms in total. The number of hydrogen-bond acceptors (Lipinski definition) is 4. The summed E-state index contributed by atoms with van der Waals surface area (Å²) in [6.45, 7) is 2.33. The highest BCUT2D eigenvalue weighted by Gasteiger charge is 2.14. The number of halogens is 1. The number of methoxy groups -OCH3 is 1. The normalized spacial score (nSPS) is 11.0. The van der Waals surface area contributed by atoms with E-state index < -0.39 is 0 Å². The van der Waals surface area contributed by atoms with Gasteiger partial charge in [-0.15, -0.1) is 0 Å². The van der Waals surface area contributed by atoms with Crippen molar-refractivity contribution in [3.05, 3.63) is 83.3 Å². The first-order valence-corrected chi connectivity index (χ1v) is 10.4. The van der Waals surface area contributed by atoms with Crippen molar-refractivity contribution in [2.45, 2.75) is 26.4 Å². The van der Waals surface area contributed by atoms with Crippen LogP contribution in [0.3, 0.4) is 0 Å². The van der Waals surface area contributed by atoms with Crippen molar-refractivity contribution in [2.24, 2.45) is 7.05 Å². The van der Waals surface area contributed by atoms with Crippen LogP contribution in [0.5, 0.6) is 5.75 Å². The third kappa shape index (κ3) is 4.64. The standard InChI is InChI=1S/C26H25FN2O3/c1-17-12-25(32-16-18-4-8-22(27)9-5-18)23(14-19(17)7-11-26(30)31-3)20-6-10-24-21(13-20)15-28-29(24)2/h4-6,8-10,12-15H,7,11,16H2,1-3H3. The molecule has 0 aliphatic carbocycles. The molecule has 32 heavy (non-hydrogen) atoms. The van der Waals surface area contributed by atoms with Gasteiger partial charge in [0, 0.05) is 24.4 Å². The molecule has 0 N–H and O–H groups in total. The van der Waals surface area contributed by atoms with Crippen LogP contribution in [0.15, 0.2) is 60.8 Å². The van der Waals surface area contributed by atoms with Gasteiger partial charge in [0.05, 0.1) is 18.8 Å². The summed E-state index contributed by atoms with van der Waals surface area (Å²) in [4.78, 5) is 11.7. The van der Waals surface area contributed by atoms with Gasteiger partial charge in [0.1, 0.15) is 18.2 Å². The maximum absolute atomic E-state index is 13.2. The zero-order valence-electron chi connectivity index (χ0n) is 18.4. The van der Waals surface area contributed by atoms with Crippen LogP contribution >= 0.6 is 0 Å². The molecule has 4 rings (SSSR count). The molecule has 3 aromatic carbocycles. The second-order valence-corrected chi connectivity index (χ2v) is 7.81. The van der Waals surface area contributed by atoms with Crippen molar-refractivity contribution >= 4 is 16.9 Å². The smallest absolute Gasteiger partial charge is 0.305 e. The lowest BCUT2D eigenvalue weighted by Crippen LogP contribution is -2.04. The molecule has 6 heteroatoms. The molecule has 0 aliphatic rings. The first-order chi connectivity index (χ1) is 15.4. The molecule has 0 aliphatic heterocycles. The SMILES string of the molecule is COC(=O)CCc1cc(-c2ccc3c(cnn3C)c2)c(OCc2ccc(F)cc2)cc1C. The Labute approximate surface area is 186 Å². The Morgan fingerprint density at radius 2 is 1.88 bits per heavy atom. The number of esters is 1. The highest BCUT2D eigenvalue weighted by atomic mass is 19.1. The molecule has 0 bridgehead atoms. The van der Waals surface area contributed by atoms with Crippen LogP contribution in [0.25, 0.3) is 22.0 Å². The Kier molecular flexibility index (Phi) is 6.21. The topological polar surface area (TPSA) is 53.3 Å². The number of rotatable bonds is 7. The van der Waals surface area contributed by atoms with E-state index in [1.54, 1.807) is 12.1 Å². The summed E-state index contributed by atoms with van der Waals surface area (Å²) in [6.07, 6.45) is 2.73. The predicted octanol–water partition coefficient (Wildman–Crippen LogP) is 5.37. The minimum Gasteiger partial charge on any atom is -0.488 e. The van der Waals surface area contributed by atoms with Gasteiger partial charge in [-0.05, 0) is 72.0 Å². The van der Waals surface area contributed by atoms with E-state index in [9.17, 15) is 9.18 Å². The molecule has 0 amide bonds. The molecular formula is C26H25FN2O3. The molecule has 4 aromatic rings. The third-order valence-corrected chi connectivity index (χ3v) is 5.63. The van der Waals surface area contributed by atoms with Gasteiger partial charge in [-0.25, -0.2) is 4.39 Å². The molecule has 0 unspecified atom stereocenters. The number of fused-ring (bicyclic) bond motifs is 1. The van der Waals surface area contributed by atoms with Crippen LogP contribution in [0.4, 0.5) is 4.39 Å². The molecule has 0 atom stereocenters. The van der Waals surface area contributed by atoms with Crippen LogP contribution in [0, 0.1) is 12.7 Å². The second-order valence-electron chi connectivity index (χ2n) is 7.81. The van der Waals surface area contributed by atoms with E-state index in [4.69, 9.17) is 9.47 Å². The van der Waals surface area contributed by atoms with Gasteiger partial charge in [-0.2, -0.15) is 5.10 Å². The number of carbonyl (C=O) groups excluding carboxylic acids is 1. The highest BCUT2D eigenvalue weighted by molar-refractivity contribution is 5.86. The quantitative estimate of drug-likeness (QED) is 0.368. The molecule has 1 aromatic heterocycles. The Balaban J connectivity index is 1.71. The van der Waals surface area contributed by atoms with Crippen molar-refractivity contribution in [2.75, 3.05) is 7.11 Å². The Morgan fingerprint density at radius 3 is 2.62 bits per heavy atom. The number of hydrogen-bond donors (Lipinski definition) is 0. The highest BCUT2D eigenvalue weighted by Crippen LogP contribution is 2.35. The van der Waals surface area contributed by atoms with E-state index in [-0.39, 0.29) is 11.8 Å². The predicted molar refractivity (Wildman–Crippen MR) is 122 cm³/mol. The Morgan fingerprint density at radius 1 is 1.09 bits per heavy atom. The number of aryl methyl sites for hydroxylation is 3. The fourth-order valence-corrected chi connectivity index (χ4v) is 3.75.